The van der Waals surface area contributed by atoms with Gasteiger partial charge >= 0.3 is 0 Å². The van der Waals surface area contributed by atoms with E-state index in [2.05, 4.69) is 12.2 Å². The third-order valence-electron chi connectivity index (χ3n) is 2.90. The second-order valence-electron chi connectivity index (χ2n) is 4.64. The third-order valence-corrected chi connectivity index (χ3v) is 4.71. The van der Waals surface area contributed by atoms with E-state index in [0.29, 0.717) is 4.90 Å². The normalized spacial score (nSPS) is 13.5. The minimum atomic E-state index is -3.19. The van der Waals surface area contributed by atoms with Crippen LogP contribution in [0.1, 0.15) is 32.3 Å². The zero-order valence-corrected chi connectivity index (χ0v) is 12.3. The molecule has 1 rings (SSSR count). The fourth-order valence-electron chi connectivity index (χ4n) is 2.05. The molecule has 0 spiro atoms. The van der Waals surface area contributed by atoms with E-state index in [-0.39, 0.29) is 11.8 Å². The highest BCUT2D eigenvalue weighted by atomic mass is 32.2. The molecule has 0 fully saturated rings. The molecular formula is C14H23NO2S. The van der Waals surface area contributed by atoms with E-state index < -0.39 is 9.84 Å². The average Bonchev–Trinajstić information content (AvgIpc) is 2.29. The molecule has 0 amide bonds. The summed E-state index contributed by atoms with van der Waals surface area (Å²) in [5.74, 6) is 0.179. The maximum atomic E-state index is 12.3. The van der Waals surface area contributed by atoms with Gasteiger partial charge in [0.2, 0.25) is 0 Å². The van der Waals surface area contributed by atoms with Crippen molar-refractivity contribution in [3.63, 3.8) is 0 Å². The van der Waals surface area contributed by atoms with E-state index >= 15 is 0 Å². The molecule has 0 aliphatic rings. The minimum absolute atomic E-state index is 0.0468. The second-order valence-corrected chi connectivity index (χ2v) is 6.68. The largest absolute Gasteiger partial charge is 0.313 e. The predicted octanol–water partition coefficient (Wildman–Crippen LogP) is 2.55. The summed E-state index contributed by atoms with van der Waals surface area (Å²) < 4.78 is 24.6. The van der Waals surface area contributed by atoms with E-state index in [1.165, 1.54) is 0 Å². The van der Waals surface area contributed by atoms with Crippen LogP contribution in [0.5, 0.6) is 0 Å². The van der Waals surface area contributed by atoms with Crippen LogP contribution in [0, 0.1) is 6.92 Å². The highest BCUT2D eigenvalue weighted by Gasteiger charge is 2.20. The Morgan fingerprint density at radius 3 is 2.56 bits per heavy atom. The lowest BCUT2D eigenvalue weighted by atomic mass is 10.2. The molecule has 1 aromatic carbocycles. The van der Waals surface area contributed by atoms with Crippen LogP contribution in [0.2, 0.25) is 0 Å². The quantitative estimate of drug-likeness (QED) is 0.827. The van der Waals surface area contributed by atoms with Crippen LogP contribution in [0.4, 0.5) is 0 Å². The Morgan fingerprint density at radius 2 is 2.00 bits per heavy atom. The van der Waals surface area contributed by atoms with E-state index in [4.69, 9.17) is 0 Å². The van der Waals surface area contributed by atoms with Crippen LogP contribution in [0.3, 0.4) is 0 Å². The molecule has 0 bridgehead atoms. The van der Waals surface area contributed by atoms with Crippen LogP contribution in [-0.4, -0.2) is 26.8 Å². The molecule has 1 unspecified atom stereocenters. The molecule has 0 aliphatic carbocycles. The molecule has 102 valence electrons. The molecule has 0 saturated carbocycles. The molecule has 0 aromatic heterocycles. The number of nitrogens with one attached hydrogen (secondary N) is 1. The number of sulfone groups is 1. The molecule has 1 aromatic rings. The first-order chi connectivity index (χ1) is 8.49. The maximum Gasteiger partial charge on any atom is 0.179 e. The fraction of sp³-hybridized carbons (Fsp3) is 0.571. The van der Waals surface area contributed by atoms with Gasteiger partial charge in [0.25, 0.3) is 0 Å². The summed E-state index contributed by atoms with van der Waals surface area (Å²) in [6, 6.07) is 7.17. The van der Waals surface area contributed by atoms with Crippen molar-refractivity contribution >= 4 is 9.84 Å². The molecule has 18 heavy (non-hydrogen) atoms. The minimum Gasteiger partial charge on any atom is -0.313 e. The van der Waals surface area contributed by atoms with Gasteiger partial charge in [0.05, 0.1) is 10.6 Å². The van der Waals surface area contributed by atoms with E-state index in [1.54, 1.807) is 18.2 Å². The van der Waals surface area contributed by atoms with Crippen molar-refractivity contribution in [3.05, 3.63) is 29.8 Å². The lowest BCUT2D eigenvalue weighted by molar-refractivity contribution is 0.512. The van der Waals surface area contributed by atoms with Gasteiger partial charge in [0, 0.05) is 6.04 Å². The first-order valence-corrected chi connectivity index (χ1v) is 8.17. The summed E-state index contributed by atoms with van der Waals surface area (Å²) in [5.41, 5.74) is 0.978. The standard InChI is InChI=1S/C14H23NO2S/c1-4-7-13(15-5-2)11-18(16,17)14-9-6-8-12(3)10-14/h6,8-10,13,15H,4-5,7,11H2,1-3H3. The van der Waals surface area contributed by atoms with Crippen molar-refractivity contribution in [2.75, 3.05) is 12.3 Å². The molecule has 0 saturated heterocycles. The molecule has 0 heterocycles. The van der Waals surface area contributed by atoms with Crippen molar-refractivity contribution in [2.45, 2.75) is 44.6 Å². The highest BCUT2D eigenvalue weighted by Crippen LogP contribution is 2.15. The number of hydrogen-bond donors (Lipinski definition) is 1. The molecule has 1 N–H and O–H groups in total. The smallest absolute Gasteiger partial charge is 0.179 e. The lowest BCUT2D eigenvalue weighted by Crippen LogP contribution is -2.35. The van der Waals surface area contributed by atoms with E-state index in [1.807, 2.05) is 19.9 Å². The third kappa shape index (κ3) is 4.42. The Bertz CT molecular complexity index is 462. The molecule has 1 atom stereocenters. The van der Waals surface area contributed by atoms with Gasteiger partial charge in [-0.1, -0.05) is 32.4 Å². The zero-order chi connectivity index (χ0) is 13.6. The van der Waals surface area contributed by atoms with Crippen molar-refractivity contribution in [3.8, 4) is 0 Å². The van der Waals surface area contributed by atoms with Crippen molar-refractivity contribution < 1.29 is 8.42 Å². The van der Waals surface area contributed by atoms with E-state index in [9.17, 15) is 8.42 Å². The van der Waals surface area contributed by atoms with Crippen molar-refractivity contribution in [1.29, 1.82) is 0 Å². The summed E-state index contributed by atoms with van der Waals surface area (Å²) >= 11 is 0. The fourth-order valence-corrected chi connectivity index (χ4v) is 3.71. The van der Waals surface area contributed by atoms with Crippen LogP contribution in [0.15, 0.2) is 29.2 Å². The number of benzene rings is 1. The summed E-state index contributed by atoms with van der Waals surface area (Å²) in [5, 5.41) is 3.24. The van der Waals surface area contributed by atoms with Crippen LogP contribution in [0.25, 0.3) is 0 Å². The molecule has 0 radical (unpaired) electrons. The monoisotopic (exact) mass is 269 g/mol. The molecular weight excluding hydrogens is 246 g/mol. The Morgan fingerprint density at radius 1 is 1.28 bits per heavy atom. The SMILES string of the molecule is CCCC(CS(=O)(=O)c1cccc(C)c1)NCC. The summed E-state index contributed by atoms with van der Waals surface area (Å²) in [7, 11) is -3.19. The van der Waals surface area contributed by atoms with Gasteiger partial charge in [-0.3, -0.25) is 0 Å². The van der Waals surface area contributed by atoms with Gasteiger partial charge in [0.1, 0.15) is 0 Å². The first kappa shape index (κ1) is 15.2. The van der Waals surface area contributed by atoms with Crippen LogP contribution < -0.4 is 5.32 Å². The van der Waals surface area contributed by atoms with Gasteiger partial charge in [-0.05, 0) is 37.6 Å². The first-order valence-electron chi connectivity index (χ1n) is 6.52. The Hall–Kier alpha value is -0.870. The molecule has 4 heteroatoms. The number of hydrogen-bond acceptors (Lipinski definition) is 3. The van der Waals surface area contributed by atoms with E-state index in [0.717, 1.165) is 24.9 Å². The highest BCUT2D eigenvalue weighted by molar-refractivity contribution is 7.91. The second kappa shape index (κ2) is 6.90. The van der Waals surface area contributed by atoms with Gasteiger partial charge in [-0.15, -0.1) is 0 Å². The Balaban J connectivity index is 2.86. The lowest BCUT2D eigenvalue weighted by Gasteiger charge is -2.17. The van der Waals surface area contributed by atoms with Crippen molar-refractivity contribution in [2.24, 2.45) is 0 Å². The molecule has 3 nitrogen and oxygen atoms in total. The summed E-state index contributed by atoms with van der Waals surface area (Å²) in [6.45, 7) is 6.78. The van der Waals surface area contributed by atoms with Crippen molar-refractivity contribution in [1.82, 2.24) is 5.32 Å². The van der Waals surface area contributed by atoms with Gasteiger partial charge in [0.15, 0.2) is 9.84 Å². The Kier molecular flexibility index (Phi) is 5.82. The number of aryl methyl sites for hydroxylation is 1. The van der Waals surface area contributed by atoms with Crippen LogP contribution in [-0.2, 0) is 9.84 Å². The summed E-state index contributed by atoms with van der Waals surface area (Å²) in [6.07, 6.45) is 1.87. The maximum absolute atomic E-state index is 12.3. The summed E-state index contributed by atoms with van der Waals surface area (Å²) in [4.78, 5) is 0.432. The topological polar surface area (TPSA) is 46.2 Å². The zero-order valence-electron chi connectivity index (χ0n) is 11.4. The van der Waals surface area contributed by atoms with Crippen LogP contribution >= 0.6 is 0 Å². The van der Waals surface area contributed by atoms with Gasteiger partial charge < -0.3 is 5.32 Å². The average molecular weight is 269 g/mol. The number of rotatable bonds is 7. The predicted molar refractivity (Wildman–Crippen MR) is 75.6 cm³/mol. The van der Waals surface area contributed by atoms with Gasteiger partial charge in [-0.2, -0.15) is 0 Å². The van der Waals surface area contributed by atoms with Gasteiger partial charge in [-0.25, -0.2) is 8.42 Å². The molecule has 0 aliphatic heterocycles. The Labute approximate surface area is 111 Å².